The van der Waals surface area contributed by atoms with Crippen molar-refractivity contribution in [3.05, 3.63) is 0 Å². The summed E-state index contributed by atoms with van der Waals surface area (Å²) in [5, 5.41) is 9.03. The van der Waals surface area contributed by atoms with Crippen molar-refractivity contribution in [3.8, 4) is 0 Å². The monoisotopic (exact) mass is 229 g/mol. The molecule has 0 aromatic carbocycles. The first-order valence-corrected chi connectivity index (χ1v) is 5.63. The molecule has 0 spiro atoms. The largest absolute Gasteiger partial charge is 0.480 e. The molecule has 92 valence electrons. The minimum atomic E-state index is -0.758. The molecule has 0 aromatic rings. The molecule has 1 rings (SSSR count). The number of likely N-dealkylation sites (N-methyl/N-ethyl adjacent to an activating group) is 1. The van der Waals surface area contributed by atoms with Crippen LogP contribution in [0.3, 0.4) is 0 Å². The van der Waals surface area contributed by atoms with Gasteiger partial charge in [-0.25, -0.2) is 0 Å². The summed E-state index contributed by atoms with van der Waals surface area (Å²) < 4.78 is 4.80. The van der Waals surface area contributed by atoms with Crippen LogP contribution in [0.4, 0.5) is 0 Å². The zero-order valence-corrected chi connectivity index (χ0v) is 9.86. The van der Waals surface area contributed by atoms with Crippen LogP contribution in [0.15, 0.2) is 0 Å². The summed E-state index contributed by atoms with van der Waals surface area (Å²) in [6.07, 6.45) is 2.41. The van der Waals surface area contributed by atoms with Crippen LogP contribution in [0.25, 0.3) is 0 Å². The van der Waals surface area contributed by atoms with Crippen LogP contribution in [0.1, 0.15) is 32.6 Å². The fourth-order valence-corrected chi connectivity index (χ4v) is 1.78. The Morgan fingerprint density at radius 2 is 2.06 bits per heavy atom. The Balaban J connectivity index is 2.23. The Labute approximate surface area is 95.4 Å². The van der Waals surface area contributed by atoms with Crippen LogP contribution in [-0.4, -0.2) is 47.7 Å². The number of nitrogens with zero attached hydrogens (tertiary/aromatic N) is 1. The van der Waals surface area contributed by atoms with Crippen molar-refractivity contribution < 1.29 is 19.4 Å². The molecular weight excluding hydrogens is 210 g/mol. The van der Waals surface area contributed by atoms with Gasteiger partial charge in [0.25, 0.3) is 0 Å². The molecule has 0 bridgehead atoms. The number of rotatable bonds is 7. The lowest BCUT2D eigenvalue weighted by atomic mass is 10.2. The van der Waals surface area contributed by atoms with Gasteiger partial charge >= 0.3 is 11.9 Å². The zero-order valence-electron chi connectivity index (χ0n) is 9.86. The van der Waals surface area contributed by atoms with E-state index in [1.165, 1.54) is 0 Å². The number of hydrogen-bond acceptors (Lipinski definition) is 4. The van der Waals surface area contributed by atoms with Gasteiger partial charge in [-0.15, -0.1) is 0 Å². The molecule has 1 N–H and O–H groups in total. The SMILES string of the molecule is CCOC(=O)CCCN(C)C1(C(=O)O)CC1. The van der Waals surface area contributed by atoms with Crippen LogP contribution < -0.4 is 0 Å². The normalized spacial score (nSPS) is 17.2. The van der Waals surface area contributed by atoms with Gasteiger partial charge in [-0.3, -0.25) is 14.5 Å². The van der Waals surface area contributed by atoms with Crippen LogP contribution in [0.5, 0.6) is 0 Å². The number of aliphatic carboxylic acids is 1. The van der Waals surface area contributed by atoms with Crippen molar-refractivity contribution >= 4 is 11.9 Å². The quantitative estimate of drug-likeness (QED) is 0.656. The highest BCUT2D eigenvalue weighted by molar-refractivity contribution is 5.82. The third kappa shape index (κ3) is 2.95. The van der Waals surface area contributed by atoms with Crippen LogP contribution in [0, 0.1) is 0 Å². The predicted octanol–water partition coefficient (Wildman–Crippen LogP) is 0.879. The molecule has 16 heavy (non-hydrogen) atoms. The van der Waals surface area contributed by atoms with E-state index in [4.69, 9.17) is 9.84 Å². The van der Waals surface area contributed by atoms with E-state index in [0.29, 0.717) is 38.8 Å². The number of hydrogen-bond donors (Lipinski definition) is 1. The van der Waals surface area contributed by atoms with E-state index in [2.05, 4.69) is 0 Å². The Morgan fingerprint density at radius 1 is 1.44 bits per heavy atom. The van der Waals surface area contributed by atoms with Gasteiger partial charge in [-0.1, -0.05) is 0 Å². The van der Waals surface area contributed by atoms with Crippen LogP contribution >= 0.6 is 0 Å². The summed E-state index contributed by atoms with van der Waals surface area (Å²) in [4.78, 5) is 23.9. The average Bonchev–Trinajstić information content (AvgIpc) is 2.98. The highest BCUT2D eigenvalue weighted by atomic mass is 16.5. The molecule has 5 nitrogen and oxygen atoms in total. The lowest BCUT2D eigenvalue weighted by molar-refractivity contribution is -0.144. The minimum absolute atomic E-state index is 0.212. The second-order valence-electron chi connectivity index (χ2n) is 4.17. The smallest absolute Gasteiger partial charge is 0.324 e. The Bertz CT molecular complexity index is 273. The van der Waals surface area contributed by atoms with Crippen molar-refractivity contribution in [1.29, 1.82) is 0 Å². The second-order valence-corrected chi connectivity index (χ2v) is 4.17. The predicted molar refractivity (Wildman–Crippen MR) is 58.1 cm³/mol. The third-order valence-corrected chi connectivity index (χ3v) is 3.03. The number of esters is 1. The fourth-order valence-electron chi connectivity index (χ4n) is 1.78. The van der Waals surface area contributed by atoms with Gasteiger partial charge in [0, 0.05) is 6.42 Å². The van der Waals surface area contributed by atoms with Crippen LogP contribution in [-0.2, 0) is 14.3 Å². The molecule has 1 saturated carbocycles. The Morgan fingerprint density at radius 3 is 2.50 bits per heavy atom. The summed E-state index contributed by atoms with van der Waals surface area (Å²) in [5.74, 6) is -0.970. The van der Waals surface area contributed by atoms with Crippen molar-refractivity contribution in [2.24, 2.45) is 0 Å². The van der Waals surface area contributed by atoms with Gasteiger partial charge in [0.1, 0.15) is 5.54 Å². The van der Waals surface area contributed by atoms with E-state index in [1.807, 2.05) is 4.90 Å². The molecule has 0 amide bonds. The molecule has 0 aromatic heterocycles. The fraction of sp³-hybridized carbons (Fsp3) is 0.818. The molecule has 1 aliphatic carbocycles. The molecular formula is C11H19NO4. The maximum Gasteiger partial charge on any atom is 0.324 e. The second kappa shape index (κ2) is 5.30. The number of ether oxygens (including phenoxy) is 1. The summed E-state index contributed by atoms with van der Waals surface area (Å²) in [6.45, 7) is 2.78. The van der Waals surface area contributed by atoms with Gasteiger partial charge in [0.15, 0.2) is 0 Å². The molecule has 1 fully saturated rings. The highest BCUT2D eigenvalue weighted by Crippen LogP contribution is 2.41. The van der Waals surface area contributed by atoms with Gasteiger partial charge in [-0.05, 0) is 39.8 Å². The molecule has 0 heterocycles. The zero-order chi connectivity index (χ0) is 12.2. The molecule has 0 atom stereocenters. The van der Waals surface area contributed by atoms with E-state index in [9.17, 15) is 9.59 Å². The molecule has 0 saturated heterocycles. The van der Waals surface area contributed by atoms with Gasteiger partial charge < -0.3 is 9.84 Å². The van der Waals surface area contributed by atoms with Crippen molar-refractivity contribution in [2.75, 3.05) is 20.2 Å². The Hall–Kier alpha value is -1.10. The standard InChI is InChI=1S/C11H19NO4/c1-3-16-9(13)5-4-8-12(2)11(6-7-11)10(14)15/h3-8H2,1-2H3,(H,14,15). The van der Waals surface area contributed by atoms with Crippen LogP contribution in [0.2, 0.25) is 0 Å². The Kier molecular flexibility index (Phi) is 4.29. The number of carboxylic acids is 1. The van der Waals surface area contributed by atoms with Crippen molar-refractivity contribution in [1.82, 2.24) is 4.90 Å². The molecule has 0 unspecified atom stereocenters. The van der Waals surface area contributed by atoms with Crippen molar-refractivity contribution in [2.45, 2.75) is 38.1 Å². The number of carbonyl (C=O) groups excluding carboxylic acids is 1. The first-order valence-electron chi connectivity index (χ1n) is 5.63. The summed E-state index contributed by atoms with van der Waals surface area (Å²) in [6, 6.07) is 0. The lowest BCUT2D eigenvalue weighted by Gasteiger charge is -2.23. The average molecular weight is 229 g/mol. The van der Waals surface area contributed by atoms with Crippen molar-refractivity contribution in [3.63, 3.8) is 0 Å². The van der Waals surface area contributed by atoms with E-state index < -0.39 is 11.5 Å². The van der Waals surface area contributed by atoms with E-state index >= 15 is 0 Å². The maximum atomic E-state index is 11.1. The highest BCUT2D eigenvalue weighted by Gasteiger charge is 2.53. The first-order chi connectivity index (χ1) is 7.53. The summed E-state index contributed by atoms with van der Waals surface area (Å²) in [5.41, 5.74) is -0.658. The van der Waals surface area contributed by atoms with E-state index in [1.54, 1.807) is 14.0 Å². The molecule has 0 aliphatic heterocycles. The van der Waals surface area contributed by atoms with E-state index in [0.717, 1.165) is 0 Å². The lowest BCUT2D eigenvalue weighted by Crippen LogP contribution is -2.41. The maximum absolute atomic E-state index is 11.1. The molecule has 0 radical (unpaired) electrons. The van der Waals surface area contributed by atoms with Gasteiger partial charge in [0.05, 0.1) is 6.61 Å². The van der Waals surface area contributed by atoms with E-state index in [-0.39, 0.29) is 5.97 Å². The number of carboxylic acid groups (broad SMARTS) is 1. The third-order valence-electron chi connectivity index (χ3n) is 3.03. The molecule has 5 heteroatoms. The minimum Gasteiger partial charge on any atom is -0.480 e. The summed E-state index contributed by atoms with van der Waals surface area (Å²) >= 11 is 0. The first kappa shape index (κ1) is 13.0. The van der Waals surface area contributed by atoms with Gasteiger partial charge in [-0.2, -0.15) is 0 Å². The topological polar surface area (TPSA) is 66.8 Å². The molecule has 1 aliphatic rings. The van der Waals surface area contributed by atoms with Gasteiger partial charge in [0.2, 0.25) is 0 Å². The number of carbonyl (C=O) groups is 2. The summed E-state index contributed by atoms with van der Waals surface area (Å²) in [7, 11) is 1.80.